The van der Waals surface area contributed by atoms with Crippen molar-refractivity contribution in [1.82, 2.24) is 9.78 Å². The van der Waals surface area contributed by atoms with E-state index in [1.54, 1.807) is 4.68 Å². The molecule has 0 saturated heterocycles. The zero-order valence-corrected chi connectivity index (χ0v) is 10.9. The van der Waals surface area contributed by atoms with Crippen LogP contribution in [0, 0.1) is 6.92 Å². The van der Waals surface area contributed by atoms with Gasteiger partial charge in [-0.05, 0) is 26.0 Å². The Hall–Kier alpha value is -2.17. The molecule has 0 fully saturated rings. The number of hydrogen-bond acceptors (Lipinski definition) is 4. The van der Waals surface area contributed by atoms with Crippen LogP contribution < -0.4 is 15.8 Å². The minimum absolute atomic E-state index is 0.597. The van der Waals surface area contributed by atoms with E-state index in [1.807, 2.05) is 45.3 Å². The van der Waals surface area contributed by atoms with Crippen molar-refractivity contribution < 1.29 is 4.74 Å². The first-order valence-corrected chi connectivity index (χ1v) is 5.89. The highest BCUT2D eigenvalue weighted by Gasteiger charge is 2.05. The maximum absolute atomic E-state index is 5.83. The Morgan fingerprint density at radius 2 is 2.22 bits per heavy atom. The molecule has 1 aromatic heterocycles. The molecule has 0 aliphatic carbocycles. The number of nitrogens with two attached hydrogens (primary N) is 1. The van der Waals surface area contributed by atoms with Crippen LogP contribution >= 0.6 is 0 Å². The van der Waals surface area contributed by atoms with E-state index in [-0.39, 0.29) is 0 Å². The molecule has 0 saturated carbocycles. The fraction of sp³-hybridized carbons (Fsp3) is 0.308. The number of nitrogens with zero attached hydrogens (tertiary/aromatic N) is 2. The maximum atomic E-state index is 5.83. The highest BCUT2D eigenvalue weighted by Crippen LogP contribution is 2.28. The van der Waals surface area contributed by atoms with Crippen molar-refractivity contribution in [3.05, 3.63) is 30.1 Å². The summed E-state index contributed by atoms with van der Waals surface area (Å²) in [7, 11) is 1.90. The fourth-order valence-electron chi connectivity index (χ4n) is 1.77. The molecule has 5 nitrogen and oxygen atoms in total. The number of hydrogen-bond donors (Lipinski definition) is 2. The average Bonchev–Trinajstić information content (AvgIpc) is 2.62. The van der Waals surface area contributed by atoms with Gasteiger partial charge in [-0.1, -0.05) is 0 Å². The van der Waals surface area contributed by atoms with Gasteiger partial charge in [0, 0.05) is 25.0 Å². The van der Waals surface area contributed by atoms with E-state index in [0.29, 0.717) is 18.0 Å². The van der Waals surface area contributed by atoms with Crippen molar-refractivity contribution >= 4 is 17.1 Å². The summed E-state index contributed by atoms with van der Waals surface area (Å²) in [4.78, 5) is 0. The standard InChI is InChI=1S/C13H18N4O/c1-4-18-13-7-10(5-6-11(13)14)15-12-8-17(3)16-9(12)2/h5-8,15H,4,14H2,1-3H3. The molecular formula is C13H18N4O. The Kier molecular flexibility index (Phi) is 3.41. The molecule has 18 heavy (non-hydrogen) atoms. The monoisotopic (exact) mass is 246 g/mol. The number of ether oxygens (including phenoxy) is 1. The highest BCUT2D eigenvalue weighted by molar-refractivity contribution is 5.67. The largest absolute Gasteiger partial charge is 0.492 e. The quantitative estimate of drug-likeness (QED) is 0.813. The molecule has 0 unspecified atom stereocenters. The van der Waals surface area contributed by atoms with Crippen LogP contribution in [0.5, 0.6) is 5.75 Å². The van der Waals surface area contributed by atoms with Gasteiger partial charge < -0.3 is 15.8 Å². The second-order valence-electron chi connectivity index (χ2n) is 4.11. The van der Waals surface area contributed by atoms with E-state index in [2.05, 4.69) is 10.4 Å². The molecular weight excluding hydrogens is 228 g/mol. The summed E-state index contributed by atoms with van der Waals surface area (Å²) in [5.74, 6) is 0.698. The molecule has 1 heterocycles. The lowest BCUT2D eigenvalue weighted by atomic mass is 10.2. The first-order valence-electron chi connectivity index (χ1n) is 5.89. The topological polar surface area (TPSA) is 65.1 Å². The summed E-state index contributed by atoms with van der Waals surface area (Å²) in [5, 5.41) is 7.58. The van der Waals surface area contributed by atoms with Crippen LogP contribution in [-0.4, -0.2) is 16.4 Å². The normalized spacial score (nSPS) is 10.4. The Balaban J connectivity index is 2.24. The van der Waals surface area contributed by atoms with E-state index in [4.69, 9.17) is 10.5 Å². The number of rotatable bonds is 4. The van der Waals surface area contributed by atoms with Gasteiger partial charge in [-0.25, -0.2) is 0 Å². The van der Waals surface area contributed by atoms with Crippen molar-refractivity contribution in [1.29, 1.82) is 0 Å². The third-order valence-corrected chi connectivity index (χ3v) is 2.61. The van der Waals surface area contributed by atoms with E-state index in [0.717, 1.165) is 17.1 Å². The van der Waals surface area contributed by atoms with Gasteiger partial charge >= 0.3 is 0 Å². The second-order valence-corrected chi connectivity index (χ2v) is 4.11. The first kappa shape index (κ1) is 12.3. The van der Waals surface area contributed by atoms with Crippen LogP contribution in [0.3, 0.4) is 0 Å². The van der Waals surface area contributed by atoms with E-state index in [9.17, 15) is 0 Å². The second kappa shape index (κ2) is 5.00. The molecule has 0 spiro atoms. The van der Waals surface area contributed by atoms with Gasteiger partial charge in [0.15, 0.2) is 0 Å². The summed E-state index contributed by atoms with van der Waals surface area (Å²) >= 11 is 0. The summed E-state index contributed by atoms with van der Waals surface area (Å²) in [6.07, 6.45) is 1.94. The van der Waals surface area contributed by atoms with Crippen molar-refractivity contribution in [3.63, 3.8) is 0 Å². The Bertz CT molecular complexity index is 548. The van der Waals surface area contributed by atoms with Crippen LogP contribution in [0.1, 0.15) is 12.6 Å². The third kappa shape index (κ3) is 2.56. The lowest BCUT2D eigenvalue weighted by molar-refractivity contribution is 0.342. The number of anilines is 3. The molecule has 5 heteroatoms. The van der Waals surface area contributed by atoms with Crippen molar-refractivity contribution in [3.8, 4) is 5.75 Å². The molecule has 2 rings (SSSR count). The van der Waals surface area contributed by atoms with Crippen LogP contribution in [0.15, 0.2) is 24.4 Å². The van der Waals surface area contributed by atoms with E-state index in [1.165, 1.54) is 0 Å². The maximum Gasteiger partial charge on any atom is 0.144 e. The lowest BCUT2D eigenvalue weighted by Gasteiger charge is -2.10. The zero-order chi connectivity index (χ0) is 13.1. The van der Waals surface area contributed by atoms with Crippen LogP contribution in [-0.2, 0) is 7.05 Å². The molecule has 1 aromatic carbocycles. The number of nitrogens with one attached hydrogen (secondary N) is 1. The number of benzene rings is 1. The van der Waals surface area contributed by atoms with E-state index < -0.39 is 0 Å². The van der Waals surface area contributed by atoms with Crippen molar-refractivity contribution in [2.45, 2.75) is 13.8 Å². The zero-order valence-electron chi connectivity index (χ0n) is 10.9. The highest BCUT2D eigenvalue weighted by atomic mass is 16.5. The van der Waals surface area contributed by atoms with Crippen LogP contribution in [0.4, 0.5) is 17.1 Å². The molecule has 0 radical (unpaired) electrons. The van der Waals surface area contributed by atoms with E-state index >= 15 is 0 Å². The van der Waals surface area contributed by atoms with Gasteiger partial charge in [0.1, 0.15) is 5.75 Å². The SMILES string of the molecule is CCOc1cc(Nc2cn(C)nc2C)ccc1N. The van der Waals surface area contributed by atoms with Gasteiger partial charge in [-0.2, -0.15) is 5.10 Å². The molecule has 96 valence electrons. The van der Waals surface area contributed by atoms with Crippen molar-refractivity contribution in [2.75, 3.05) is 17.7 Å². The molecule has 3 N–H and O–H groups in total. The van der Waals surface area contributed by atoms with Gasteiger partial charge in [0.05, 0.1) is 23.7 Å². The fourth-order valence-corrected chi connectivity index (χ4v) is 1.77. The molecule has 0 aliphatic heterocycles. The Labute approximate surface area is 107 Å². The predicted octanol–water partition coefficient (Wildman–Crippen LogP) is 2.45. The summed E-state index contributed by atoms with van der Waals surface area (Å²) in [6.45, 7) is 4.49. The Morgan fingerprint density at radius 1 is 1.44 bits per heavy atom. The summed E-state index contributed by atoms with van der Waals surface area (Å²) < 4.78 is 7.24. The Morgan fingerprint density at radius 3 is 2.83 bits per heavy atom. The third-order valence-electron chi connectivity index (χ3n) is 2.61. The molecule has 0 atom stereocenters. The molecule has 0 aliphatic rings. The van der Waals surface area contributed by atoms with Crippen LogP contribution in [0.25, 0.3) is 0 Å². The number of aromatic nitrogens is 2. The van der Waals surface area contributed by atoms with Gasteiger partial charge in [-0.3, -0.25) is 4.68 Å². The minimum atomic E-state index is 0.597. The average molecular weight is 246 g/mol. The van der Waals surface area contributed by atoms with Gasteiger partial charge in [0.25, 0.3) is 0 Å². The predicted molar refractivity (Wildman–Crippen MR) is 73.3 cm³/mol. The van der Waals surface area contributed by atoms with Gasteiger partial charge in [-0.15, -0.1) is 0 Å². The van der Waals surface area contributed by atoms with Crippen molar-refractivity contribution in [2.24, 2.45) is 7.05 Å². The molecule has 0 bridgehead atoms. The van der Waals surface area contributed by atoms with Crippen LogP contribution in [0.2, 0.25) is 0 Å². The number of aryl methyl sites for hydroxylation is 2. The smallest absolute Gasteiger partial charge is 0.144 e. The summed E-state index contributed by atoms with van der Waals surface area (Å²) in [5.41, 5.74) is 9.34. The lowest BCUT2D eigenvalue weighted by Crippen LogP contribution is -1.98. The van der Waals surface area contributed by atoms with Gasteiger partial charge in [0.2, 0.25) is 0 Å². The minimum Gasteiger partial charge on any atom is -0.492 e. The number of nitrogen functional groups attached to an aromatic ring is 1. The summed E-state index contributed by atoms with van der Waals surface area (Å²) in [6, 6.07) is 5.65. The molecule has 2 aromatic rings. The first-order chi connectivity index (χ1) is 8.60. The molecule has 0 amide bonds.